The molecule has 0 unspecified atom stereocenters. The van der Waals surface area contributed by atoms with E-state index in [0.29, 0.717) is 5.75 Å². The highest BCUT2D eigenvalue weighted by Gasteiger charge is 2.12. The van der Waals surface area contributed by atoms with Crippen LogP contribution in [0, 0.1) is 6.92 Å². The van der Waals surface area contributed by atoms with E-state index in [1.165, 1.54) is 0 Å². The smallest absolute Gasteiger partial charge is 0.180 e. The predicted octanol–water partition coefficient (Wildman–Crippen LogP) is -1.31. The summed E-state index contributed by atoms with van der Waals surface area (Å²) in [5, 5.41) is 11.8. The van der Waals surface area contributed by atoms with Crippen molar-refractivity contribution in [3.05, 3.63) is 30.1 Å². The van der Waals surface area contributed by atoms with E-state index in [9.17, 15) is 5.11 Å². The lowest BCUT2D eigenvalue weighted by Gasteiger charge is -2.08. The van der Waals surface area contributed by atoms with Gasteiger partial charge in [-0.2, -0.15) is 0 Å². The summed E-state index contributed by atoms with van der Waals surface area (Å²) in [5.74, 6) is 0.761. The Morgan fingerprint density at radius 2 is 2.06 bits per heavy atom. The molecular formula is C12H14INO2. The van der Waals surface area contributed by atoms with Gasteiger partial charge in [0.2, 0.25) is 0 Å². The first-order chi connectivity index (χ1) is 7.13. The third-order valence-corrected chi connectivity index (χ3v) is 2.54. The Morgan fingerprint density at radius 3 is 2.69 bits per heavy atom. The van der Waals surface area contributed by atoms with Gasteiger partial charge in [0, 0.05) is 6.07 Å². The molecule has 0 bridgehead atoms. The highest BCUT2D eigenvalue weighted by atomic mass is 127. The average Bonchev–Trinajstić information content (AvgIpc) is 2.20. The van der Waals surface area contributed by atoms with Gasteiger partial charge in [0.15, 0.2) is 23.9 Å². The number of halogens is 1. The quantitative estimate of drug-likeness (QED) is 0.520. The third-order valence-electron chi connectivity index (χ3n) is 2.54. The molecule has 0 radical (unpaired) electrons. The van der Waals surface area contributed by atoms with E-state index in [0.717, 1.165) is 16.3 Å². The van der Waals surface area contributed by atoms with Crippen molar-refractivity contribution in [3.8, 4) is 11.5 Å². The predicted molar refractivity (Wildman–Crippen MR) is 58.1 cm³/mol. The Morgan fingerprint density at radius 1 is 1.38 bits per heavy atom. The number of hydrogen-bond acceptors (Lipinski definition) is 2. The molecular weight excluding hydrogens is 317 g/mol. The van der Waals surface area contributed by atoms with Gasteiger partial charge in [-0.3, -0.25) is 0 Å². The van der Waals surface area contributed by atoms with E-state index in [2.05, 4.69) is 0 Å². The number of phenols is 1. The van der Waals surface area contributed by atoms with Crippen molar-refractivity contribution < 1.29 is 38.4 Å². The van der Waals surface area contributed by atoms with Gasteiger partial charge in [0.05, 0.1) is 12.5 Å². The summed E-state index contributed by atoms with van der Waals surface area (Å²) in [7, 11) is 3.49. The highest BCUT2D eigenvalue weighted by molar-refractivity contribution is 5.90. The summed E-state index contributed by atoms with van der Waals surface area (Å²) in [6, 6.07) is 3.98. The molecule has 0 spiro atoms. The molecule has 1 N–H and O–H groups in total. The number of pyridine rings is 1. The second-order valence-electron chi connectivity index (χ2n) is 3.69. The maximum atomic E-state index is 10.0. The van der Waals surface area contributed by atoms with Crippen molar-refractivity contribution in [1.29, 1.82) is 0 Å². The van der Waals surface area contributed by atoms with Crippen LogP contribution in [0.2, 0.25) is 0 Å². The summed E-state index contributed by atoms with van der Waals surface area (Å²) in [6.07, 6.45) is 3.83. The van der Waals surface area contributed by atoms with Crippen LogP contribution >= 0.6 is 0 Å². The first kappa shape index (κ1) is 13.0. The Balaban J connectivity index is 0.00000128. The fourth-order valence-electron chi connectivity index (χ4n) is 1.80. The number of fused-ring (bicyclic) bond motifs is 1. The van der Waals surface area contributed by atoms with Gasteiger partial charge in [-0.15, -0.1) is 0 Å². The van der Waals surface area contributed by atoms with E-state index >= 15 is 0 Å². The monoisotopic (exact) mass is 331 g/mol. The zero-order valence-electron chi connectivity index (χ0n) is 9.49. The Bertz CT molecular complexity index is 526. The van der Waals surface area contributed by atoms with E-state index in [1.54, 1.807) is 7.11 Å². The van der Waals surface area contributed by atoms with Crippen LogP contribution in [0.5, 0.6) is 11.5 Å². The molecule has 0 fully saturated rings. The average molecular weight is 331 g/mol. The zero-order chi connectivity index (χ0) is 11.0. The van der Waals surface area contributed by atoms with Crippen LogP contribution in [-0.2, 0) is 7.05 Å². The molecule has 0 aliphatic rings. The number of hydrogen-bond donors (Lipinski definition) is 1. The molecule has 4 heteroatoms. The molecule has 1 aromatic heterocycles. The summed E-state index contributed by atoms with van der Waals surface area (Å²) < 4.78 is 7.06. The lowest BCUT2D eigenvalue weighted by Crippen LogP contribution is -3.00. The van der Waals surface area contributed by atoms with Gasteiger partial charge >= 0.3 is 0 Å². The number of ether oxygens (including phenoxy) is 1. The van der Waals surface area contributed by atoms with Gasteiger partial charge in [-0.1, -0.05) is 0 Å². The van der Waals surface area contributed by atoms with Gasteiger partial charge in [-0.05, 0) is 23.9 Å². The van der Waals surface area contributed by atoms with Crippen LogP contribution in [0.1, 0.15) is 5.56 Å². The van der Waals surface area contributed by atoms with Gasteiger partial charge in [-0.25, -0.2) is 4.57 Å². The van der Waals surface area contributed by atoms with Gasteiger partial charge in [0.25, 0.3) is 0 Å². The maximum absolute atomic E-state index is 10.0. The number of aromatic hydroxyl groups is 1. The lowest BCUT2D eigenvalue weighted by atomic mass is 10.1. The molecule has 0 atom stereocenters. The van der Waals surface area contributed by atoms with Crippen molar-refractivity contribution in [1.82, 2.24) is 0 Å². The minimum atomic E-state index is 0. The molecule has 0 saturated heterocycles. The number of phenolic OH excluding ortho intramolecular Hbond substituents is 1. The Kier molecular flexibility index (Phi) is 3.96. The second kappa shape index (κ2) is 4.86. The van der Waals surface area contributed by atoms with Crippen LogP contribution < -0.4 is 33.3 Å². The molecule has 0 aliphatic heterocycles. The topological polar surface area (TPSA) is 33.3 Å². The first-order valence-electron chi connectivity index (χ1n) is 4.79. The number of benzene rings is 1. The zero-order valence-corrected chi connectivity index (χ0v) is 11.6. The van der Waals surface area contributed by atoms with Crippen LogP contribution in [-0.4, -0.2) is 12.2 Å². The number of aromatic nitrogens is 1. The molecule has 1 heterocycles. The van der Waals surface area contributed by atoms with Crippen LogP contribution in [0.15, 0.2) is 24.5 Å². The number of methoxy groups -OCH3 is 1. The fourth-order valence-corrected chi connectivity index (χ4v) is 1.80. The highest BCUT2D eigenvalue weighted by Crippen LogP contribution is 2.36. The third kappa shape index (κ3) is 2.07. The standard InChI is InChI=1S/C12H13NO2.HI/c1-8-6-9-4-5-13(2)7-10(9)11(14)12(8)15-3;/h4-7H,1-3H3;1H. The van der Waals surface area contributed by atoms with Crippen molar-refractivity contribution >= 4 is 10.8 Å². The van der Waals surface area contributed by atoms with Crippen molar-refractivity contribution in [2.24, 2.45) is 7.05 Å². The molecule has 0 aliphatic carbocycles. The summed E-state index contributed by atoms with van der Waals surface area (Å²) >= 11 is 0. The van der Waals surface area contributed by atoms with Crippen LogP contribution in [0.25, 0.3) is 10.8 Å². The number of rotatable bonds is 1. The largest absolute Gasteiger partial charge is 1.00 e. The SMILES string of the molecule is COc1c(C)cc2cc[n+](C)cc2c1O.[I-]. The normalized spacial score (nSPS) is 9.94. The molecule has 16 heavy (non-hydrogen) atoms. The molecule has 0 amide bonds. The molecule has 2 aromatic rings. The Labute approximate surface area is 112 Å². The molecule has 86 valence electrons. The summed E-state index contributed by atoms with van der Waals surface area (Å²) in [5.41, 5.74) is 0.941. The first-order valence-corrected chi connectivity index (χ1v) is 4.79. The Hall–Kier alpha value is -1.04. The van der Waals surface area contributed by atoms with E-state index in [-0.39, 0.29) is 29.7 Å². The van der Waals surface area contributed by atoms with E-state index in [1.807, 2.05) is 43.1 Å². The van der Waals surface area contributed by atoms with E-state index in [4.69, 9.17) is 4.74 Å². The molecule has 0 saturated carbocycles. The molecule has 2 rings (SSSR count). The molecule has 3 nitrogen and oxygen atoms in total. The summed E-state index contributed by atoms with van der Waals surface area (Å²) in [6.45, 7) is 1.92. The maximum Gasteiger partial charge on any atom is 0.180 e. The van der Waals surface area contributed by atoms with Crippen molar-refractivity contribution in [3.63, 3.8) is 0 Å². The fraction of sp³-hybridized carbons (Fsp3) is 0.250. The molecule has 1 aromatic carbocycles. The van der Waals surface area contributed by atoms with Crippen molar-refractivity contribution in [2.45, 2.75) is 6.92 Å². The second-order valence-corrected chi connectivity index (χ2v) is 3.69. The van der Waals surface area contributed by atoms with E-state index < -0.39 is 0 Å². The van der Waals surface area contributed by atoms with Crippen molar-refractivity contribution in [2.75, 3.05) is 7.11 Å². The minimum absolute atomic E-state index is 0. The summed E-state index contributed by atoms with van der Waals surface area (Å²) in [4.78, 5) is 0. The van der Waals surface area contributed by atoms with Crippen LogP contribution in [0.3, 0.4) is 0 Å². The van der Waals surface area contributed by atoms with Crippen LogP contribution in [0.4, 0.5) is 0 Å². The van der Waals surface area contributed by atoms with Gasteiger partial charge < -0.3 is 33.8 Å². The lowest BCUT2D eigenvalue weighted by molar-refractivity contribution is -0.670. The number of aryl methyl sites for hydroxylation is 2. The number of nitrogens with zero attached hydrogens (tertiary/aromatic N) is 1. The van der Waals surface area contributed by atoms with Gasteiger partial charge in [0.1, 0.15) is 7.05 Å². The minimum Gasteiger partial charge on any atom is -1.00 e.